The molecule has 0 saturated heterocycles. The molecule has 0 N–H and O–H groups in total. The number of aromatic nitrogens is 1. The first-order chi connectivity index (χ1) is 7.94. The van der Waals surface area contributed by atoms with Gasteiger partial charge in [0.1, 0.15) is 9.84 Å². The van der Waals surface area contributed by atoms with Crippen molar-refractivity contribution < 1.29 is 13.2 Å². The van der Waals surface area contributed by atoms with Crippen LogP contribution in [0.2, 0.25) is 0 Å². The second-order valence-corrected chi connectivity index (χ2v) is 6.42. The van der Waals surface area contributed by atoms with Crippen molar-refractivity contribution in [3.8, 4) is 0 Å². The molecule has 0 spiro atoms. The van der Waals surface area contributed by atoms with E-state index in [-0.39, 0.29) is 23.7 Å². The van der Waals surface area contributed by atoms with Crippen LogP contribution in [0.15, 0.2) is 18.3 Å². The van der Waals surface area contributed by atoms with Crippen LogP contribution in [-0.2, 0) is 9.84 Å². The highest BCUT2D eigenvalue weighted by Gasteiger charge is 2.10. The third kappa shape index (κ3) is 4.65. The second kappa shape index (κ2) is 5.91. The maximum atomic E-state index is 11.7. The summed E-state index contributed by atoms with van der Waals surface area (Å²) < 4.78 is 22.5. The molecule has 1 rings (SSSR count). The number of pyridine rings is 1. The van der Waals surface area contributed by atoms with E-state index in [2.05, 4.69) is 4.98 Å². The van der Waals surface area contributed by atoms with Crippen molar-refractivity contribution in [1.82, 2.24) is 4.98 Å². The molecule has 0 amide bonds. The van der Waals surface area contributed by atoms with Crippen LogP contribution in [0.25, 0.3) is 0 Å². The number of sulfone groups is 1. The van der Waals surface area contributed by atoms with Gasteiger partial charge < -0.3 is 0 Å². The van der Waals surface area contributed by atoms with Crippen molar-refractivity contribution in [3.05, 3.63) is 29.6 Å². The van der Waals surface area contributed by atoms with Crippen LogP contribution in [0.3, 0.4) is 0 Å². The molecule has 0 fully saturated rings. The summed E-state index contributed by atoms with van der Waals surface area (Å²) in [5, 5.41) is 0. The molecule has 1 aromatic rings. The second-order valence-electron chi connectivity index (χ2n) is 3.95. The number of Topliss-reactive ketones (excluding diaryl/α,β-unsaturated/α-hetero) is 1. The third-order valence-corrected chi connectivity index (χ3v) is 4.32. The minimum Gasteiger partial charge on any atom is -0.294 e. The molecular weight excluding hydrogens is 238 g/mol. The quantitative estimate of drug-likeness (QED) is 0.727. The molecule has 0 bridgehead atoms. The molecule has 0 aliphatic carbocycles. The van der Waals surface area contributed by atoms with Crippen molar-refractivity contribution in [1.29, 1.82) is 0 Å². The van der Waals surface area contributed by atoms with Gasteiger partial charge in [-0.1, -0.05) is 6.92 Å². The van der Waals surface area contributed by atoms with Crippen LogP contribution in [0.5, 0.6) is 0 Å². The Morgan fingerprint density at radius 1 is 1.35 bits per heavy atom. The summed E-state index contributed by atoms with van der Waals surface area (Å²) in [5.74, 6) is 0.158. The first-order valence-corrected chi connectivity index (χ1v) is 7.43. The predicted molar refractivity (Wildman–Crippen MR) is 66.9 cm³/mol. The van der Waals surface area contributed by atoms with Gasteiger partial charge >= 0.3 is 0 Å². The fourth-order valence-corrected chi connectivity index (χ4v) is 2.25. The molecule has 0 atom stereocenters. The molecule has 0 aliphatic rings. The molecule has 1 aromatic heterocycles. The number of ketones is 1. The highest BCUT2D eigenvalue weighted by molar-refractivity contribution is 7.91. The number of carbonyl (C=O) groups is 1. The smallest absolute Gasteiger partial charge is 0.164 e. The minimum atomic E-state index is -2.97. The summed E-state index contributed by atoms with van der Waals surface area (Å²) >= 11 is 0. The monoisotopic (exact) mass is 255 g/mol. The Kier molecular flexibility index (Phi) is 4.81. The number of hydrogen-bond donors (Lipinski definition) is 0. The zero-order valence-electron chi connectivity index (χ0n) is 10.1. The lowest BCUT2D eigenvalue weighted by atomic mass is 10.1. The van der Waals surface area contributed by atoms with E-state index in [0.717, 1.165) is 5.69 Å². The van der Waals surface area contributed by atoms with E-state index < -0.39 is 9.84 Å². The van der Waals surface area contributed by atoms with E-state index in [0.29, 0.717) is 12.0 Å². The Hall–Kier alpha value is -1.23. The lowest BCUT2D eigenvalue weighted by Crippen LogP contribution is -2.10. The van der Waals surface area contributed by atoms with E-state index in [1.165, 1.54) is 6.20 Å². The molecule has 0 radical (unpaired) electrons. The van der Waals surface area contributed by atoms with Crippen molar-refractivity contribution >= 4 is 15.6 Å². The number of nitrogens with zero attached hydrogens (tertiary/aromatic N) is 1. The van der Waals surface area contributed by atoms with Crippen LogP contribution in [0.4, 0.5) is 0 Å². The average molecular weight is 255 g/mol. The van der Waals surface area contributed by atoms with E-state index in [9.17, 15) is 13.2 Å². The predicted octanol–water partition coefficient (Wildman–Crippen LogP) is 1.79. The van der Waals surface area contributed by atoms with Crippen LogP contribution in [0, 0.1) is 6.92 Å². The molecule has 0 aromatic carbocycles. The zero-order chi connectivity index (χ0) is 12.9. The molecule has 0 aliphatic heterocycles. The molecule has 0 saturated carbocycles. The highest BCUT2D eigenvalue weighted by Crippen LogP contribution is 2.06. The summed E-state index contributed by atoms with van der Waals surface area (Å²) in [6.07, 6.45) is 2.17. The standard InChI is InChI=1S/C12H17NO3S/c1-3-17(15,16)8-4-5-12(14)11-7-6-10(2)13-9-11/h6-7,9H,3-5,8H2,1-2H3. The van der Waals surface area contributed by atoms with Crippen molar-refractivity contribution in [2.45, 2.75) is 26.7 Å². The van der Waals surface area contributed by atoms with Gasteiger partial charge in [0.15, 0.2) is 5.78 Å². The van der Waals surface area contributed by atoms with Crippen molar-refractivity contribution in [3.63, 3.8) is 0 Å². The van der Waals surface area contributed by atoms with Crippen molar-refractivity contribution in [2.24, 2.45) is 0 Å². The van der Waals surface area contributed by atoms with Gasteiger partial charge in [0, 0.05) is 29.6 Å². The lowest BCUT2D eigenvalue weighted by Gasteiger charge is -2.02. The van der Waals surface area contributed by atoms with Crippen LogP contribution in [-0.4, -0.2) is 30.7 Å². The van der Waals surface area contributed by atoms with Gasteiger partial charge in [0.25, 0.3) is 0 Å². The normalized spacial score (nSPS) is 11.4. The number of hydrogen-bond acceptors (Lipinski definition) is 4. The van der Waals surface area contributed by atoms with Gasteiger partial charge in [0.2, 0.25) is 0 Å². The van der Waals surface area contributed by atoms with Crippen molar-refractivity contribution in [2.75, 3.05) is 11.5 Å². The number of rotatable bonds is 6. The molecule has 0 unspecified atom stereocenters. The maximum Gasteiger partial charge on any atom is 0.164 e. The SMILES string of the molecule is CCS(=O)(=O)CCCC(=O)c1ccc(C)nc1. The molecule has 94 valence electrons. The highest BCUT2D eigenvalue weighted by atomic mass is 32.2. The summed E-state index contributed by atoms with van der Waals surface area (Å²) in [5.41, 5.74) is 1.40. The Labute approximate surface area is 102 Å². The Bertz CT molecular complexity index is 477. The molecule has 17 heavy (non-hydrogen) atoms. The Morgan fingerprint density at radius 2 is 2.06 bits per heavy atom. The lowest BCUT2D eigenvalue weighted by molar-refractivity contribution is 0.0981. The van der Waals surface area contributed by atoms with E-state index in [1.807, 2.05) is 6.92 Å². The summed E-state index contributed by atoms with van der Waals surface area (Å²) in [7, 11) is -2.97. The minimum absolute atomic E-state index is 0.0520. The summed E-state index contributed by atoms with van der Waals surface area (Å²) in [6, 6.07) is 3.50. The van der Waals surface area contributed by atoms with E-state index >= 15 is 0 Å². The van der Waals surface area contributed by atoms with Gasteiger partial charge in [-0.2, -0.15) is 0 Å². The van der Waals surface area contributed by atoms with Gasteiger partial charge in [-0.05, 0) is 25.5 Å². The zero-order valence-corrected chi connectivity index (χ0v) is 11.0. The molecule has 1 heterocycles. The Balaban J connectivity index is 2.48. The average Bonchev–Trinajstić information content (AvgIpc) is 2.29. The largest absolute Gasteiger partial charge is 0.294 e. The first-order valence-electron chi connectivity index (χ1n) is 5.61. The summed E-state index contributed by atoms with van der Waals surface area (Å²) in [4.78, 5) is 15.7. The van der Waals surface area contributed by atoms with Gasteiger partial charge in [-0.15, -0.1) is 0 Å². The van der Waals surface area contributed by atoms with Crippen LogP contribution < -0.4 is 0 Å². The van der Waals surface area contributed by atoms with E-state index in [1.54, 1.807) is 19.1 Å². The summed E-state index contributed by atoms with van der Waals surface area (Å²) in [6.45, 7) is 3.46. The van der Waals surface area contributed by atoms with Crippen LogP contribution in [0.1, 0.15) is 35.8 Å². The molecule has 5 heteroatoms. The molecule has 4 nitrogen and oxygen atoms in total. The van der Waals surface area contributed by atoms with Gasteiger partial charge in [-0.25, -0.2) is 8.42 Å². The van der Waals surface area contributed by atoms with Gasteiger partial charge in [-0.3, -0.25) is 9.78 Å². The fourth-order valence-electron chi connectivity index (χ4n) is 1.37. The number of carbonyl (C=O) groups excluding carboxylic acids is 1. The maximum absolute atomic E-state index is 11.7. The topological polar surface area (TPSA) is 64.1 Å². The third-order valence-electron chi connectivity index (χ3n) is 2.53. The Morgan fingerprint density at radius 3 is 2.59 bits per heavy atom. The first kappa shape index (κ1) is 13.8. The van der Waals surface area contributed by atoms with E-state index in [4.69, 9.17) is 0 Å². The number of aryl methyl sites for hydroxylation is 1. The molecular formula is C12H17NO3S. The van der Waals surface area contributed by atoms with Crippen LogP contribution >= 0.6 is 0 Å². The van der Waals surface area contributed by atoms with Gasteiger partial charge in [0.05, 0.1) is 5.75 Å². The fraction of sp³-hybridized carbons (Fsp3) is 0.500.